The quantitative estimate of drug-likeness (QED) is 0.910. The van der Waals surface area contributed by atoms with E-state index in [0.717, 1.165) is 0 Å². The minimum absolute atomic E-state index is 0.0342. The Morgan fingerprint density at radius 2 is 2.10 bits per heavy atom. The number of rotatable bonds is 5. The number of benzene rings is 1. The molecule has 1 aromatic carbocycles. The highest BCUT2D eigenvalue weighted by Crippen LogP contribution is 2.26. The first-order valence-electron chi connectivity index (χ1n) is 5.82. The Morgan fingerprint density at radius 1 is 1.50 bits per heavy atom. The lowest BCUT2D eigenvalue weighted by molar-refractivity contribution is -0.0503. The first kappa shape index (κ1) is 16.7. The van der Waals surface area contributed by atoms with Crippen molar-refractivity contribution < 1.29 is 23.4 Å². The number of hydrogen-bond acceptors (Lipinski definition) is 3. The van der Waals surface area contributed by atoms with Gasteiger partial charge < -0.3 is 14.7 Å². The van der Waals surface area contributed by atoms with Crippen LogP contribution in [0.2, 0.25) is 5.02 Å². The number of hydrogen-bond donors (Lipinski definition) is 1. The molecule has 0 atom stereocenters. The molecule has 0 unspecified atom stereocenters. The lowest BCUT2D eigenvalue weighted by Gasteiger charge is -2.26. The van der Waals surface area contributed by atoms with Crippen LogP contribution in [0, 0.1) is 0 Å². The molecule has 0 bridgehead atoms. The standard InChI is InChI=1S/C13H16ClF2NO3/c1-13(2,19)7-17(3)11(18)9-6-8(14)4-5-10(9)20-12(15)16/h4-6,12,19H,7H2,1-3H3. The van der Waals surface area contributed by atoms with E-state index in [9.17, 15) is 18.7 Å². The number of halogens is 3. The van der Waals surface area contributed by atoms with Gasteiger partial charge in [-0.05, 0) is 32.0 Å². The van der Waals surface area contributed by atoms with E-state index in [1.54, 1.807) is 0 Å². The lowest BCUT2D eigenvalue weighted by atomic mass is 10.1. The molecule has 112 valence electrons. The third-order valence-corrected chi connectivity index (χ3v) is 2.59. The molecule has 0 aliphatic heterocycles. The van der Waals surface area contributed by atoms with Crippen molar-refractivity contribution in [2.45, 2.75) is 26.1 Å². The van der Waals surface area contributed by atoms with E-state index in [0.29, 0.717) is 0 Å². The topological polar surface area (TPSA) is 49.8 Å². The average Bonchev–Trinajstić information content (AvgIpc) is 2.27. The van der Waals surface area contributed by atoms with Gasteiger partial charge in [0.2, 0.25) is 0 Å². The molecule has 7 heteroatoms. The van der Waals surface area contributed by atoms with Crippen LogP contribution in [0.4, 0.5) is 8.78 Å². The van der Waals surface area contributed by atoms with Crippen molar-refractivity contribution in [1.82, 2.24) is 4.90 Å². The summed E-state index contributed by atoms with van der Waals surface area (Å²) < 4.78 is 28.9. The first-order valence-corrected chi connectivity index (χ1v) is 6.20. The number of ether oxygens (including phenoxy) is 1. The predicted molar refractivity (Wildman–Crippen MR) is 71.3 cm³/mol. The van der Waals surface area contributed by atoms with Gasteiger partial charge in [-0.3, -0.25) is 4.79 Å². The molecule has 0 aliphatic carbocycles. The number of carbonyl (C=O) groups is 1. The number of carbonyl (C=O) groups excluding carboxylic acids is 1. The molecule has 1 aromatic rings. The maximum Gasteiger partial charge on any atom is 0.387 e. The average molecular weight is 308 g/mol. The van der Waals surface area contributed by atoms with Crippen LogP contribution < -0.4 is 4.74 Å². The van der Waals surface area contributed by atoms with Gasteiger partial charge in [0.05, 0.1) is 11.2 Å². The summed E-state index contributed by atoms with van der Waals surface area (Å²) in [5.41, 5.74) is -1.18. The van der Waals surface area contributed by atoms with E-state index in [4.69, 9.17) is 11.6 Å². The summed E-state index contributed by atoms with van der Waals surface area (Å²) in [5, 5.41) is 9.91. The maximum atomic E-state index is 12.3. The zero-order valence-electron chi connectivity index (χ0n) is 11.4. The van der Waals surface area contributed by atoms with Crippen LogP contribution in [0.15, 0.2) is 18.2 Å². The molecule has 1 amide bonds. The summed E-state index contributed by atoms with van der Waals surface area (Å²) in [4.78, 5) is 13.4. The third kappa shape index (κ3) is 4.94. The summed E-state index contributed by atoms with van der Waals surface area (Å²) in [5.74, 6) is -0.817. The predicted octanol–water partition coefficient (Wildman–Crippen LogP) is 2.78. The first-order chi connectivity index (χ1) is 9.10. The second-order valence-electron chi connectivity index (χ2n) is 4.99. The zero-order chi connectivity index (χ0) is 15.5. The van der Waals surface area contributed by atoms with Crippen molar-refractivity contribution in [3.8, 4) is 5.75 Å². The molecule has 0 saturated carbocycles. The number of aliphatic hydroxyl groups is 1. The highest BCUT2D eigenvalue weighted by atomic mass is 35.5. The molecule has 4 nitrogen and oxygen atoms in total. The van der Waals surface area contributed by atoms with Crippen LogP contribution in [0.25, 0.3) is 0 Å². The van der Waals surface area contributed by atoms with Crippen LogP contribution in [-0.2, 0) is 0 Å². The highest BCUT2D eigenvalue weighted by Gasteiger charge is 2.23. The Balaban J connectivity index is 3.04. The largest absolute Gasteiger partial charge is 0.434 e. The maximum absolute atomic E-state index is 12.3. The van der Waals surface area contributed by atoms with Crippen LogP contribution in [0.1, 0.15) is 24.2 Å². The van der Waals surface area contributed by atoms with Gasteiger partial charge in [0.1, 0.15) is 5.75 Å². The van der Waals surface area contributed by atoms with Gasteiger partial charge in [-0.15, -0.1) is 0 Å². The van der Waals surface area contributed by atoms with Gasteiger partial charge in [-0.2, -0.15) is 8.78 Å². The molecule has 20 heavy (non-hydrogen) atoms. The van der Waals surface area contributed by atoms with E-state index < -0.39 is 18.1 Å². The van der Waals surface area contributed by atoms with Gasteiger partial charge in [0, 0.05) is 18.6 Å². The Kier molecular flexibility index (Phi) is 5.30. The summed E-state index contributed by atoms with van der Waals surface area (Å²) in [6.45, 7) is 0.0608. The number of alkyl halides is 2. The third-order valence-electron chi connectivity index (χ3n) is 2.36. The van der Waals surface area contributed by atoms with E-state index in [-0.39, 0.29) is 22.9 Å². The van der Waals surface area contributed by atoms with Gasteiger partial charge >= 0.3 is 6.61 Å². The molecule has 0 aliphatic rings. The van der Waals surface area contributed by atoms with Crippen molar-refractivity contribution >= 4 is 17.5 Å². The second kappa shape index (κ2) is 6.37. The molecule has 0 saturated heterocycles. The van der Waals surface area contributed by atoms with Gasteiger partial charge in [-0.1, -0.05) is 11.6 Å². The molecule has 1 N–H and O–H groups in total. The Labute approximate surface area is 120 Å². The van der Waals surface area contributed by atoms with Crippen molar-refractivity contribution in [2.24, 2.45) is 0 Å². The zero-order valence-corrected chi connectivity index (χ0v) is 12.1. The van der Waals surface area contributed by atoms with Crippen LogP contribution in [-0.4, -0.2) is 41.7 Å². The summed E-state index contributed by atoms with van der Waals surface area (Å²) >= 11 is 5.77. The molecule has 0 radical (unpaired) electrons. The minimum Gasteiger partial charge on any atom is -0.434 e. The molecule has 0 aromatic heterocycles. The SMILES string of the molecule is CN(CC(C)(C)O)C(=O)c1cc(Cl)ccc1OC(F)F. The number of likely N-dealkylation sites (N-methyl/N-ethyl adjacent to an activating group) is 1. The normalized spacial score (nSPS) is 11.6. The van der Waals surface area contributed by atoms with Gasteiger partial charge in [0.25, 0.3) is 5.91 Å². The van der Waals surface area contributed by atoms with Crippen molar-refractivity contribution in [3.63, 3.8) is 0 Å². The molecule has 0 heterocycles. The van der Waals surface area contributed by atoms with Crippen LogP contribution in [0.5, 0.6) is 5.75 Å². The van der Waals surface area contributed by atoms with Crippen LogP contribution >= 0.6 is 11.6 Å². The highest BCUT2D eigenvalue weighted by molar-refractivity contribution is 6.31. The monoisotopic (exact) mass is 307 g/mol. The van der Waals surface area contributed by atoms with Crippen molar-refractivity contribution in [3.05, 3.63) is 28.8 Å². The number of nitrogens with zero attached hydrogens (tertiary/aromatic N) is 1. The minimum atomic E-state index is -3.04. The fraction of sp³-hybridized carbons (Fsp3) is 0.462. The smallest absolute Gasteiger partial charge is 0.387 e. The lowest BCUT2D eigenvalue weighted by Crippen LogP contribution is -2.39. The second-order valence-corrected chi connectivity index (χ2v) is 5.43. The fourth-order valence-corrected chi connectivity index (χ4v) is 1.90. The van der Waals surface area contributed by atoms with Gasteiger partial charge in [-0.25, -0.2) is 0 Å². The van der Waals surface area contributed by atoms with Crippen molar-refractivity contribution in [1.29, 1.82) is 0 Å². The summed E-state index contributed by atoms with van der Waals surface area (Å²) in [7, 11) is 1.45. The van der Waals surface area contributed by atoms with Crippen LogP contribution in [0.3, 0.4) is 0 Å². The fourth-order valence-electron chi connectivity index (χ4n) is 1.73. The molecule has 0 spiro atoms. The summed E-state index contributed by atoms with van der Waals surface area (Å²) in [6, 6.07) is 3.81. The molecule has 0 fully saturated rings. The Morgan fingerprint density at radius 3 is 2.60 bits per heavy atom. The van der Waals surface area contributed by atoms with Gasteiger partial charge in [0.15, 0.2) is 0 Å². The molecular formula is C13H16ClF2NO3. The Hall–Kier alpha value is -1.40. The Bertz CT molecular complexity index is 489. The molecular weight excluding hydrogens is 292 g/mol. The summed E-state index contributed by atoms with van der Waals surface area (Å²) in [6.07, 6.45) is 0. The van der Waals surface area contributed by atoms with E-state index in [1.165, 1.54) is 44.0 Å². The van der Waals surface area contributed by atoms with E-state index >= 15 is 0 Å². The number of amides is 1. The van der Waals surface area contributed by atoms with E-state index in [2.05, 4.69) is 4.74 Å². The van der Waals surface area contributed by atoms with Crippen molar-refractivity contribution in [2.75, 3.05) is 13.6 Å². The van der Waals surface area contributed by atoms with E-state index in [1.807, 2.05) is 0 Å². The molecule has 1 rings (SSSR count).